The monoisotopic (exact) mass is 567 g/mol. The molecule has 188 valence electrons. The molecule has 0 N–H and O–H groups in total. The number of rotatable bonds is 5. The molecule has 2 aromatic rings. The number of thioether (sulfide) groups is 1. The minimum atomic E-state index is -1.65. The molecule has 2 atom stereocenters. The molecule has 5 nitrogen and oxygen atoms in total. The van der Waals surface area contributed by atoms with Crippen LogP contribution < -0.4 is 0 Å². The van der Waals surface area contributed by atoms with Crippen LogP contribution in [0.1, 0.15) is 63.0 Å². The standard InChI is InChI=1S/C29H30BrNO4S/c1-7-31-17(3)18(4)36-27(5,6)29-22-12-10-9-11-21(22)28(35-29,26(33)34-8-2)23(25(29)31)24(32)19-13-15-20(30)16-14-19/h9-16H,7-8H2,1-6H3/t28-,29+/m0/s1. The van der Waals surface area contributed by atoms with Crippen LogP contribution in [0, 0.1) is 0 Å². The first-order chi connectivity index (χ1) is 17.1. The van der Waals surface area contributed by atoms with Gasteiger partial charge in [0.2, 0.25) is 5.60 Å². The first-order valence-corrected chi connectivity index (χ1v) is 13.8. The zero-order valence-corrected chi connectivity index (χ0v) is 23.8. The van der Waals surface area contributed by atoms with E-state index in [9.17, 15) is 9.59 Å². The van der Waals surface area contributed by atoms with Crippen molar-refractivity contribution in [1.82, 2.24) is 4.90 Å². The fourth-order valence-corrected chi connectivity index (χ4v) is 7.66. The molecule has 7 heteroatoms. The lowest BCUT2D eigenvalue weighted by atomic mass is 9.68. The molecular formula is C29H30BrNO4S. The summed E-state index contributed by atoms with van der Waals surface area (Å²) in [6.45, 7) is 13.1. The van der Waals surface area contributed by atoms with Crippen LogP contribution in [0.15, 0.2) is 74.9 Å². The summed E-state index contributed by atoms with van der Waals surface area (Å²) in [6.07, 6.45) is 0. The van der Waals surface area contributed by atoms with Gasteiger partial charge in [0.1, 0.15) is 0 Å². The number of hydrogen-bond acceptors (Lipinski definition) is 6. The number of carbonyl (C=O) groups excluding carboxylic acids is 2. The molecule has 3 aliphatic rings. The van der Waals surface area contributed by atoms with Gasteiger partial charge in [-0.25, -0.2) is 4.79 Å². The Kier molecular flexibility index (Phi) is 6.05. The van der Waals surface area contributed by atoms with Crippen molar-refractivity contribution in [3.05, 3.63) is 91.6 Å². The number of ketones is 1. The number of halogens is 1. The van der Waals surface area contributed by atoms with Gasteiger partial charge in [-0.05, 0) is 71.4 Å². The Labute approximate surface area is 225 Å². The summed E-state index contributed by atoms with van der Waals surface area (Å²) in [5, 5.41) is 0. The van der Waals surface area contributed by atoms with Crippen molar-refractivity contribution in [3.8, 4) is 0 Å². The number of carbonyl (C=O) groups is 2. The lowest BCUT2D eigenvalue weighted by Gasteiger charge is -2.44. The van der Waals surface area contributed by atoms with Crippen molar-refractivity contribution in [1.29, 1.82) is 0 Å². The SMILES string of the molecule is CCOC(=O)[C@@]12O[C@@]3(C(=C1C(=O)c1ccc(Br)cc1)N(CC)C(C)=C(C)SC3(C)C)c1ccccc12. The fraction of sp³-hybridized carbons (Fsp3) is 0.379. The Morgan fingerprint density at radius 3 is 2.28 bits per heavy atom. The molecule has 0 amide bonds. The fourth-order valence-electron chi connectivity index (χ4n) is 5.98. The van der Waals surface area contributed by atoms with Crippen LogP contribution in [-0.4, -0.2) is 34.6 Å². The summed E-state index contributed by atoms with van der Waals surface area (Å²) in [4.78, 5) is 31.8. The lowest BCUT2D eigenvalue weighted by molar-refractivity contribution is -0.176. The van der Waals surface area contributed by atoms with Gasteiger partial charge in [-0.1, -0.05) is 40.2 Å². The van der Waals surface area contributed by atoms with E-state index in [0.717, 1.165) is 26.3 Å². The Bertz CT molecular complexity index is 1350. The van der Waals surface area contributed by atoms with E-state index >= 15 is 0 Å². The summed E-state index contributed by atoms with van der Waals surface area (Å²) < 4.78 is 13.1. The van der Waals surface area contributed by atoms with Crippen molar-refractivity contribution in [2.75, 3.05) is 13.2 Å². The van der Waals surface area contributed by atoms with E-state index in [4.69, 9.17) is 9.47 Å². The van der Waals surface area contributed by atoms with Gasteiger partial charge in [-0.15, -0.1) is 11.8 Å². The number of allylic oxidation sites excluding steroid dienone is 2. The van der Waals surface area contributed by atoms with Crippen molar-refractivity contribution in [2.24, 2.45) is 0 Å². The second kappa shape index (κ2) is 8.61. The molecule has 3 aliphatic heterocycles. The first-order valence-electron chi connectivity index (χ1n) is 12.2. The number of ether oxygens (including phenoxy) is 2. The van der Waals surface area contributed by atoms with E-state index in [1.165, 1.54) is 0 Å². The maximum absolute atomic E-state index is 14.5. The summed E-state index contributed by atoms with van der Waals surface area (Å²) >= 11 is 5.19. The lowest BCUT2D eigenvalue weighted by Crippen LogP contribution is -2.48. The summed E-state index contributed by atoms with van der Waals surface area (Å²) in [5.74, 6) is -0.779. The third-order valence-corrected chi connectivity index (χ3v) is 9.50. The normalized spacial score (nSPS) is 26.0. The molecule has 5 rings (SSSR count). The number of likely N-dealkylation sites (N-methyl/N-ethyl adjacent to an activating group) is 1. The van der Waals surface area contributed by atoms with Crippen LogP contribution in [0.25, 0.3) is 0 Å². The predicted molar refractivity (Wildman–Crippen MR) is 145 cm³/mol. The number of Topliss-reactive ketones (excluding diaryl/α,β-unsaturated/α-hetero) is 1. The minimum Gasteiger partial charge on any atom is -0.463 e. The molecule has 2 aromatic carbocycles. The number of benzene rings is 2. The predicted octanol–water partition coefficient (Wildman–Crippen LogP) is 6.68. The van der Waals surface area contributed by atoms with Crippen molar-refractivity contribution >= 4 is 39.4 Å². The van der Waals surface area contributed by atoms with Gasteiger partial charge in [0.15, 0.2) is 11.4 Å². The minimum absolute atomic E-state index is 0.182. The molecule has 1 spiro atoms. The Hall–Kier alpha value is -2.35. The molecule has 0 aromatic heterocycles. The summed E-state index contributed by atoms with van der Waals surface area (Å²) in [7, 11) is 0. The van der Waals surface area contributed by atoms with Gasteiger partial charge in [-0.2, -0.15) is 0 Å². The van der Waals surface area contributed by atoms with Crippen LogP contribution in [0.3, 0.4) is 0 Å². The van der Waals surface area contributed by atoms with Crippen LogP contribution in [0.4, 0.5) is 0 Å². The molecular weight excluding hydrogens is 538 g/mol. The van der Waals surface area contributed by atoms with Crippen LogP contribution in [-0.2, 0) is 25.5 Å². The molecule has 0 radical (unpaired) electrons. The topological polar surface area (TPSA) is 55.8 Å². The third kappa shape index (κ3) is 3.12. The highest BCUT2D eigenvalue weighted by atomic mass is 79.9. The molecule has 36 heavy (non-hydrogen) atoms. The molecule has 0 aliphatic carbocycles. The molecule has 0 saturated carbocycles. The van der Waals surface area contributed by atoms with Crippen LogP contribution in [0.5, 0.6) is 0 Å². The van der Waals surface area contributed by atoms with Crippen LogP contribution >= 0.6 is 27.7 Å². The number of nitrogens with zero attached hydrogens (tertiary/aromatic N) is 1. The van der Waals surface area contributed by atoms with Crippen molar-refractivity contribution < 1.29 is 19.1 Å². The van der Waals surface area contributed by atoms with E-state index in [1.807, 2.05) is 36.4 Å². The highest BCUT2D eigenvalue weighted by molar-refractivity contribution is 9.10. The zero-order chi connectivity index (χ0) is 26.0. The molecule has 0 saturated heterocycles. The second-order valence-corrected chi connectivity index (χ2v) is 12.5. The smallest absolute Gasteiger partial charge is 0.348 e. The van der Waals surface area contributed by atoms with Gasteiger partial charge in [0.25, 0.3) is 0 Å². The Balaban J connectivity index is 1.94. The zero-order valence-electron chi connectivity index (χ0n) is 21.4. The van der Waals surface area contributed by atoms with Crippen molar-refractivity contribution in [3.63, 3.8) is 0 Å². The third-order valence-electron chi connectivity index (χ3n) is 7.57. The molecule has 0 unspecified atom stereocenters. The summed E-state index contributed by atoms with van der Waals surface area (Å²) in [6, 6.07) is 15.0. The Morgan fingerprint density at radius 2 is 1.67 bits per heavy atom. The van der Waals surface area contributed by atoms with E-state index in [-0.39, 0.29) is 12.4 Å². The van der Waals surface area contributed by atoms with E-state index in [0.29, 0.717) is 23.2 Å². The quantitative estimate of drug-likeness (QED) is 0.296. The van der Waals surface area contributed by atoms with Gasteiger partial charge >= 0.3 is 5.97 Å². The molecule has 2 bridgehead atoms. The molecule has 0 fully saturated rings. The maximum atomic E-state index is 14.5. The van der Waals surface area contributed by atoms with E-state index in [2.05, 4.69) is 55.4 Å². The highest BCUT2D eigenvalue weighted by Crippen LogP contribution is 2.70. The van der Waals surface area contributed by atoms with Crippen LogP contribution in [0.2, 0.25) is 0 Å². The van der Waals surface area contributed by atoms with Gasteiger partial charge in [0, 0.05) is 32.7 Å². The number of esters is 1. The van der Waals surface area contributed by atoms with Crippen molar-refractivity contribution in [2.45, 2.75) is 57.5 Å². The molecule has 3 heterocycles. The average Bonchev–Trinajstić information content (AvgIpc) is 3.33. The largest absolute Gasteiger partial charge is 0.463 e. The number of fused-ring (bicyclic) bond motifs is 3. The van der Waals surface area contributed by atoms with Gasteiger partial charge < -0.3 is 14.4 Å². The van der Waals surface area contributed by atoms with E-state index < -0.39 is 21.9 Å². The first kappa shape index (κ1) is 25.3. The van der Waals surface area contributed by atoms with E-state index in [1.54, 1.807) is 30.8 Å². The van der Waals surface area contributed by atoms with Gasteiger partial charge in [0.05, 0.1) is 22.6 Å². The second-order valence-electron chi connectivity index (χ2n) is 9.79. The van der Waals surface area contributed by atoms with Gasteiger partial charge in [-0.3, -0.25) is 4.79 Å². The summed E-state index contributed by atoms with van der Waals surface area (Å²) in [5.41, 5.74) is 1.57. The average molecular weight is 569 g/mol. The maximum Gasteiger partial charge on any atom is 0.348 e. The highest BCUT2D eigenvalue weighted by Gasteiger charge is 2.75. The Morgan fingerprint density at radius 1 is 1.03 bits per heavy atom. The number of hydrogen-bond donors (Lipinski definition) is 0.